The lowest BCUT2D eigenvalue weighted by Crippen LogP contribution is -2.10. The summed E-state index contributed by atoms with van der Waals surface area (Å²) in [5.74, 6) is -0.948. The molecule has 0 fully saturated rings. The van der Waals surface area contributed by atoms with Crippen LogP contribution in [-0.4, -0.2) is 11.1 Å². The maximum Gasteiger partial charge on any atom is 0.303 e. The summed E-state index contributed by atoms with van der Waals surface area (Å²) in [5, 5.41) is 9.48. The van der Waals surface area contributed by atoms with Gasteiger partial charge in [-0.3, -0.25) is 9.59 Å². The van der Waals surface area contributed by atoms with E-state index in [1.54, 1.807) is 12.1 Å². The van der Waals surface area contributed by atoms with Crippen LogP contribution >= 0.6 is 11.6 Å². The van der Waals surface area contributed by atoms with Crippen molar-refractivity contribution in [2.75, 3.05) is 0 Å². The van der Waals surface area contributed by atoms with Gasteiger partial charge in [0.25, 0.3) is 0 Å². The number of aryl methyl sites for hydroxylation is 2. The zero-order valence-corrected chi connectivity index (χ0v) is 10.5. The van der Waals surface area contributed by atoms with Crippen molar-refractivity contribution in [1.29, 1.82) is 0 Å². The van der Waals surface area contributed by atoms with Gasteiger partial charge in [0.2, 0.25) is 0 Å². The number of benzene rings is 1. The van der Waals surface area contributed by atoms with Crippen LogP contribution in [0.25, 0.3) is 11.0 Å². The molecule has 1 N–H and O–H groups in total. The summed E-state index contributed by atoms with van der Waals surface area (Å²) in [4.78, 5) is 22.6. The first kappa shape index (κ1) is 12.6. The first-order chi connectivity index (χ1) is 8.49. The van der Waals surface area contributed by atoms with Crippen molar-refractivity contribution in [3.63, 3.8) is 0 Å². The third kappa shape index (κ3) is 2.38. The van der Waals surface area contributed by atoms with Gasteiger partial charge >= 0.3 is 5.97 Å². The molecule has 1 heterocycles. The van der Waals surface area contributed by atoms with Crippen LogP contribution in [0.15, 0.2) is 27.6 Å². The lowest BCUT2D eigenvalue weighted by Gasteiger charge is -2.03. The molecular weight excluding hydrogens is 256 g/mol. The molecule has 0 atom stereocenters. The number of fused-ring (bicyclic) bond motifs is 1. The zero-order valence-electron chi connectivity index (χ0n) is 9.70. The van der Waals surface area contributed by atoms with E-state index in [9.17, 15) is 9.59 Å². The Morgan fingerprint density at radius 3 is 2.83 bits per heavy atom. The minimum absolute atomic E-state index is 0.101. The van der Waals surface area contributed by atoms with Gasteiger partial charge in [-0.2, -0.15) is 0 Å². The summed E-state index contributed by atoms with van der Waals surface area (Å²) in [5.41, 5.74) is 1.41. The van der Waals surface area contributed by atoms with Gasteiger partial charge in [0, 0.05) is 17.0 Å². The Balaban J connectivity index is 2.53. The molecule has 0 radical (unpaired) electrons. The Bertz CT molecular complexity index is 672. The van der Waals surface area contributed by atoms with Crippen molar-refractivity contribution in [2.45, 2.75) is 19.8 Å². The maximum absolute atomic E-state index is 12.1. The number of carboxylic acids is 1. The molecule has 18 heavy (non-hydrogen) atoms. The van der Waals surface area contributed by atoms with E-state index >= 15 is 0 Å². The summed E-state index contributed by atoms with van der Waals surface area (Å²) in [7, 11) is 0. The second-order valence-electron chi connectivity index (χ2n) is 4.08. The summed E-state index contributed by atoms with van der Waals surface area (Å²) < 4.78 is 5.34. The Morgan fingerprint density at radius 2 is 2.17 bits per heavy atom. The molecule has 94 valence electrons. The fourth-order valence-corrected chi connectivity index (χ4v) is 1.87. The third-order valence-corrected chi connectivity index (χ3v) is 3.14. The Kier molecular flexibility index (Phi) is 3.39. The highest BCUT2D eigenvalue weighted by molar-refractivity contribution is 6.32. The quantitative estimate of drug-likeness (QED) is 0.927. The average Bonchev–Trinajstić information content (AvgIpc) is 2.31. The first-order valence-electron chi connectivity index (χ1n) is 5.41. The number of aliphatic carboxylic acids is 1. The van der Waals surface area contributed by atoms with Gasteiger partial charge in [-0.1, -0.05) is 11.6 Å². The van der Waals surface area contributed by atoms with Crippen LogP contribution in [0.5, 0.6) is 0 Å². The predicted octanol–water partition coefficient (Wildman–Crippen LogP) is 2.77. The molecular formula is C13H11ClO4. The molecule has 0 aliphatic carbocycles. The van der Waals surface area contributed by atoms with E-state index in [1.807, 2.05) is 6.92 Å². The van der Waals surface area contributed by atoms with E-state index in [0.29, 0.717) is 21.6 Å². The standard InChI is InChI=1S/C13H11ClO4/c1-7-4-11-9(5-10(7)14)13(17)8(6-18-11)2-3-12(15)16/h4-6H,2-3H2,1H3,(H,15,16). The van der Waals surface area contributed by atoms with Gasteiger partial charge in [0.15, 0.2) is 5.43 Å². The van der Waals surface area contributed by atoms with Gasteiger partial charge in [-0.05, 0) is 31.0 Å². The van der Waals surface area contributed by atoms with Crippen molar-refractivity contribution in [3.05, 3.63) is 44.8 Å². The molecule has 2 rings (SSSR count). The van der Waals surface area contributed by atoms with Gasteiger partial charge in [0.1, 0.15) is 5.58 Å². The minimum Gasteiger partial charge on any atom is -0.481 e. The zero-order chi connectivity index (χ0) is 13.3. The monoisotopic (exact) mass is 266 g/mol. The second-order valence-corrected chi connectivity index (χ2v) is 4.49. The van der Waals surface area contributed by atoms with E-state index in [0.717, 1.165) is 5.56 Å². The first-order valence-corrected chi connectivity index (χ1v) is 5.79. The molecule has 1 aromatic heterocycles. The summed E-state index contributed by atoms with van der Waals surface area (Å²) in [6.45, 7) is 1.82. The lowest BCUT2D eigenvalue weighted by molar-refractivity contribution is -0.136. The van der Waals surface area contributed by atoms with Crippen molar-refractivity contribution in [1.82, 2.24) is 0 Å². The Morgan fingerprint density at radius 1 is 1.44 bits per heavy atom. The molecule has 5 heteroatoms. The molecule has 4 nitrogen and oxygen atoms in total. The minimum atomic E-state index is -0.948. The van der Waals surface area contributed by atoms with Gasteiger partial charge in [-0.15, -0.1) is 0 Å². The number of carboxylic acid groups (broad SMARTS) is 1. The number of carbonyl (C=O) groups is 1. The number of hydrogen-bond acceptors (Lipinski definition) is 3. The Hall–Kier alpha value is -1.81. The van der Waals surface area contributed by atoms with Crippen LogP contribution < -0.4 is 5.43 Å². The molecule has 2 aromatic rings. The molecule has 1 aromatic carbocycles. The third-order valence-electron chi connectivity index (χ3n) is 2.73. The summed E-state index contributed by atoms with van der Waals surface area (Å²) in [6.07, 6.45) is 1.37. The van der Waals surface area contributed by atoms with Crippen LogP contribution in [0.3, 0.4) is 0 Å². The maximum atomic E-state index is 12.1. The van der Waals surface area contributed by atoms with Crippen molar-refractivity contribution in [3.8, 4) is 0 Å². The highest BCUT2D eigenvalue weighted by Crippen LogP contribution is 2.21. The molecule has 0 bridgehead atoms. The van der Waals surface area contributed by atoms with Crippen LogP contribution in [-0.2, 0) is 11.2 Å². The number of halogens is 1. The highest BCUT2D eigenvalue weighted by atomic mass is 35.5. The van der Waals surface area contributed by atoms with Crippen LogP contribution in [0, 0.1) is 6.92 Å². The molecule has 0 spiro atoms. The smallest absolute Gasteiger partial charge is 0.303 e. The molecule has 0 saturated heterocycles. The number of hydrogen-bond donors (Lipinski definition) is 1. The largest absolute Gasteiger partial charge is 0.481 e. The lowest BCUT2D eigenvalue weighted by atomic mass is 10.1. The molecule has 0 aliphatic heterocycles. The van der Waals surface area contributed by atoms with Crippen LogP contribution in [0.2, 0.25) is 5.02 Å². The molecule has 0 saturated carbocycles. The Labute approximate surface area is 108 Å². The van der Waals surface area contributed by atoms with E-state index < -0.39 is 5.97 Å². The van der Waals surface area contributed by atoms with E-state index in [2.05, 4.69) is 0 Å². The molecule has 0 aliphatic rings. The highest BCUT2D eigenvalue weighted by Gasteiger charge is 2.10. The average molecular weight is 267 g/mol. The summed E-state index contributed by atoms with van der Waals surface area (Å²) >= 11 is 5.96. The predicted molar refractivity (Wildman–Crippen MR) is 68.2 cm³/mol. The van der Waals surface area contributed by atoms with Crippen molar-refractivity contribution >= 4 is 28.5 Å². The van der Waals surface area contributed by atoms with Crippen molar-refractivity contribution < 1.29 is 14.3 Å². The number of rotatable bonds is 3. The van der Waals surface area contributed by atoms with E-state index in [1.165, 1.54) is 6.26 Å². The van der Waals surface area contributed by atoms with E-state index in [-0.39, 0.29) is 18.3 Å². The fraction of sp³-hybridized carbons (Fsp3) is 0.231. The topological polar surface area (TPSA) is 67.5 Å². The van der Waals surface area contributed by atoms with Crippen molar-refractivity contribution in [2.24, 2.45) is 0 Å². The van der Waals surface area contributed by atoms with Gasteiger partial charge in [-0.25, -0.2) is 0 Å². The van der Waals surface area contributed by atoms with Gasteiger partial charge in [0.05, 0.1) is 11.6 Å². The van der Waals surface area contributed by atoms with Gasteiger partial charge < -0.3 is 9.52 Å². The molecule has 0 amide bonds. The van der Waals surface area contributed by atoms with E-state index in [4.69, 9.17) is 21.1 Å². The van der Waals surface area contributed by atoms with Crippen LogP contribution in [0.1, 0.15) is 17.5 Å². The molecule has 0 unspecified atom stereocenters. The summed E-state index contributed by atoms with van der Waals surface area (Å²) in [6, 6.07) is 3.25. The second kappa shape index (κ2) is 4.82. The van der Waals surface area contributed by atoms with Crippen LogP contribution in [0.4, 0.5) is 0 Å². The SMILES string of the molecule is Cc1cc2occ(CCC(=O)O)c(=O)c2cc1Cl. The fourth-order valence-electron chi connectivity index (χ4n) is 1.71. The normalized spacial score (nSPS) is 10.8.